The van der Waals surface area contributed by atoms with Crippen LogP contribution in [0.1, 0.15) is 17.2 Å². The van der Waals surface area contributed by atoms with E-state index in [4.69, 9.17) is 5.73 Å². The number of aryl methyl sites for hydroxylation is 1. The molecule has 1 atom stereocenters. The van der Waals surface area contributed by atoms with Crippen molar-refractivity contribution in [3.63, 3.8) is 0 Å². The van der Waals surface area contributed by atoms with Crippen molar-refractivity contribution in [3.05, 3.63) is 45.8 Å². The van der Waals surface area contributed by atoms with Crippen molar-refractivity contribution in [1.29, 1.82) is 0 Å². The zero-order chi connectivity index (χ0) is 13.3. The number of nitrogens with two attached hydrogens (primary N) is 1. The number of anilines is 1. The first kappa shape index (κ1) is 13.0. The van der Waals surface area contributed by atoms with Crippen molar-refractivity contribution in [3.8, 4) is 0 Å². The summed E-state index contributed by atoms with van der Waals surface area (Å²) < 4.78 is 15.0. The smallest absolute Gasteiger partial charge is 0.137 e. The summed E-state index contributed by atoms with van der Waals surface area (Å²) in [6.45, 7) is 0. The van der Waals surface area contributed by atoms with Gasteiger partial charge in [0.2, 0.25) is 0 Å². The van der Waals surface area contributed by atoms with Crippen molar-refractivity contribution in [1.82, 2.24) is 9.78 Å². The van der Waals surface area contributed by atoms with Crippen LogP contribution in [0.5, 0.6) is 0 Å². The lowest BCUT2D eigenvalue weighted by Crippen LogP contribution is -2.06. The molecule has 0 saturated carbocycles. The van der Waals surface area contributed by atoms with Gasteiger partial charge >= 0.3 is 0 Å². The Hall–Kier alpha value is -1.40. The van der Waals surface area contributed by atoms with Crippen LogP contribution in [0.25, 0.3) is 0 Å². The minimum absolute atomic E-state index is 0.325. The van der Waals surface area contributed by atoms with Gasteiger partial charge in [-0.15, -0.1) is 0 Å². The molecule has 18 heavy (non-hydrogen) atoms. The molecule has 0 spiro atoms. The van der Waals surface area contributed by atoms with Gasteiger partial charge in [0.05, 0.1) is 16.8 Å². The molecule has 2 rings (SSSR count). The number of hydrogen-bond acceptors (Lipinski definition) is 3. The second kappa shape index (κ2) is 5.07. The van der Waals surface area contributed by atoms with Crippen LogP contribution in [0.4, 0.5) is 10.2 Å². The highest BCUT2D eigenvalue weighted by atomic mass is 79.9. The molecule has 1 aromatic carbocycles. The third kappa shape index (κ3) is 2.54. The number of aliphatic hydroxyl groups is 1. The van der Waals surface area contributed by atoms with Gasteiger partial charge in [-0.1, -0.05) is 6.07 Å². The van der Waals surface area contributed by atoms with E-state index in [-0.39, 0.29) is 5.82 Å². The topological polar surface area (TPSA) is 64.1 Å². The lowest BCUT2D eigenvalue weighted by molar-refractivity contribution is 0.179. The number of halogens is 2. The maximum Gasteiger partial charge on any atom is 0.137 e. The number of rotatable bonds is 3. The van der Waals surface area contributed by atoms with E-state index < -0.39 is 6.10 Å². The third-order valence-corrected chi connectivity index (χ3v) is 3.39. The van der Waals surface area contributed by atoms with Crippen LogP contribution in [-0.4, -0.2) is 14.9 Å². The van der Waals surface area contributed by atoms with Crippen LogP contribution in [0.2, 0.25) is 0 Å². The van der Waals surface area contributed by atoms with Gasteiger partial charge in [-0.05, 0) is 33.6 Å². The molecule has 0 aliphatic heterocycles. The molecule has 1 heterocycles. The van der Waals surface area contributed by atoms with Crippen molar-refractivity contribution < 1.29 is 9.50 Å². The first-order valence-corrected chi connectivity index (χ1v) is 6.17. The van der Waals surface area contributed by atoms with E-state index in [1.165, 1.54) is 10.7 Å². The number of benzene rings is 1. The maximum atomic E-state index is 13.1. The molecule has 96 valence electrons. The molecule has 3 N–H and O–H groups in total. The van der Waals surface area contributed by atoms with E-state index in [1.807, 2.05) is 0 Å². The Kier molecular flexibility index (Phi) is 3.68. The summed E-state index contributed by atoms with van der Waals surface area (Å²) in [6.07, 6.45) is 1.14. The lowest BCUT2D eigenvalue weighted by atomic mass is 10.0. The van der Waals surface area contributed by atoms with E-state index in [0.717, 1.165) is 5.56 Å². The van der Waals surface area contributed by atoms with Crippen molar-refractivity contribution in [2.24, 2.45) is 7.05 Å². The van der Waals surface area contributed by atoms with E-state index in [9.17, 15) is 9.50 Å². The summed E-state index contributed by atoms with van der Waals surface area (Å²) in [5.41, 5.74) is 7.18. The molecular weight excluding hydrogens is 301 g/mol. The minimum atomic E-state index is -0.754. The Bertz CT molecular complexity index is 570. The second-order valence-electron chi connectivity index (χ2n) is 4.08. The average molecular weight is 314 g/mol. The molecule has 1 aromatic heterocycles. The van der Waals surface area contributed by atoms with Crippen molar-refractivity contribution in [2.75, 3.05) is 5.73 Å². The summed E-state index contributed by atoms with van der Waals surface area (Å²) in [4.78, 5) is 0. The van der Waals surface area contributed by atoms with Gasteiger partial charge in [-0.3, -0.25) is 4.68 Å². The van der Waals surface area contributed by atoms with Gasteiger partial charge in [0.15, 0.2) is 0 Å². The fourth-order valence-electron chi connectivity index (χ4n) is 1.72. The Morgan fingerprint density at radius 1 is 1.56 bits per heavy atom. The first-order valence-electron chi connectivity index (χ1n) is 5.38. The molecule has 0 aliphatic carbocycles. The summed E-state index contributed by atoms with van der Waals surface area (Å²) in [5, 5.41) is 14.1. The summed E-state index contributed by atoms with van der Waals surface area (Å²) >= 11 is 3.11. The highest BCUT2D eigenvalue weighted by Gasteiger charge is 2.15. The highest BCUT2D eigenvalue weighted by Crippen LogP contribution is 2.25. The zero-order valence-corrected chi connectivity index (χ0v) is 11.4. The average Bonchev–Trinajstić information content (AvgIpc) is 2.65. The molecule has 0 fully saturated rings. The molecular formula is C12H13BrFN3O. The number of nitrogens with zero attached hydrogens (tertiary/aromatic N) is 2. The van der Waals surface area contributed by atoms with E-state index in [2.05, 4.69) is 21.0 Å². The maximum absolute atomic E-state index is 13.1. The Balaban J connectivity index is 2.18. The summed E-state index contributed by atoms with van der Waals surface area (Å²) in [7, 11) is 1.71. The minimum Gasteiger partial charge on any atom is -0.388 e. The Morgan fingerprint density at radius 3 is 2.83 bits per heavy atom. The number of aliphatic hydroxyl groups excluding tert-OH is 1. The van der Waals surface area contributed by atoms with Crippen molar-refractivity contribution in [2.45, 2.75) is 12.5 Å². The molecule has 0 saturated heterocycles. The van der Waals surface area contributed by atoms with Gasteiger partial charge in [0.25, 0.3) is 0 Å². The number of hydrogen-bond donors (Lipinski definition) is 2. The molecule has 0 bridgehead atoms. The molecule has 4 nitrogen and oxygen atoms in total. The third-order valence-electron chi connectivity index (χ3n) is 2.79. The molecule has 6 heteroatoms. The zero-order valence-electron chi connectivity index (χ0n) is 9.77. The molecule has 1 unspecified atom stereocenters. The molecule has 0 radical (unpaired) electrons. The van der Waals surface area contributed by atoms with Crippen LogP contribution < -0.4 is 5.73 Å². The quantitative estimate of drug-likeness (QED) is 0.913. The molecule has 0 amide bonds. The fraction of sp³-hybridized carbons (Fsp3) is 0.250. The highest BCUT2D eigenvalue weighted by molar-refractivity contribution is 9.10. The standard InChI is InChI=1S/C12H13BrFN3O/c1-17-12(15)8(6-16-17)11(18)5-7-2-3-10(14)9(13)4-7/h2-4,6,11,18H,5,15H2,1H3. The summed E-state index contributed by atoms with van der Waals surface area (Å²) in [6, 6.07) is 4.64. The normalized spacial score (nSPS) is 12.7. The van der Waals surface area contributed by atoms with E-state index >= 15 is 0 Å². The van der Waals surface area contributed by atoms with Crippen LogP contribution in [0.3, 0.4) is 0 Å². The van der Waals surface area contributed by atoms with Crippen LogP contribution in [-0.2, 0) is 13.5 Å². The predicted octanol–water partition coefficient (Wildman–Crippen LogP) is 2.18. The van der Waals surface area contributed by atoms with Gasteiger partial charge in [0, 0.05) is 19.0 Å². The monoisotopic (exact) mass is 313 g/mol. The lowest BCUT2D eigenvalue weighted by Gasteiger charge is -2.10. The summed E-state index contributed by atoms with van der Waals surface area (Å²) in [5.74, 6) is 0.109. The second-order valence-corrected chi connectivity index (χ2v) is 4.93. The SMILES string of the molecule is Cn1ncc(C(O)Cc2ccc(F)c(Br)c2)c1N. The van der Waals surface area contributed by atoms with Gasteiger partial charge in [0.1, 0.15) is 11.6 Å². The first-order chi connectivity index (χ1) is 8.49. The van der Waals surface area contributed by atoms with Gasteiger partial charge < -0.3 is 10.8 Å². The van der Waals surface area contributed by atoms with E-state index in [0.29, 0.717) is 22.3 Å². The number of nitrogen functional groups attached to an aromatic ring is 1. The molecule has 2 aromatic rings. The van der Waals surface area contributed by atoms with Crippen LogP contribution in [0, 0.1) is 5.82 Å². The Morgan fingerprint density at radius 2 is 2.28 bits per heavy atom. The fourth-order valence-corrected chi connectivity index (χ4v) is 2.15. The molecule has 0 aliphatic rings. The van der Waals surface area contributed by atoms with E-state index in [1.54, 1.807) is 25.4 Å². The van der Waals surface area contributed by atoms with Crippen LogP contribution in [0.15, 0.2) is 28.9 Å². The van der Waals surface area contributed by atoms with Gasteiger partial charge in [-0.2, -0.15) is 5.10 Å². The number of aromatic nitrogens is 2. The van der Waals surface area contributed by atoms with Gasteiger partial charge in [-0.25, -0.2) is 4.39 Å². The van der Waals surface area contributed by atoms with Crippen LogP contribution >= 0.6 is 15.9 Å². The Labute approximate surface area is 112 Å². The van der Waals surface area contributed by atoms with Crippen molar-refractivity contribution >= 4 is 21.7 Å². The predicted molar refractivity (Wildman–Crippen MR) is 70.4 cm³/mol. The largest absolute Gasteiger partial charge is 0.388 e.